The van der Waals surface area contributed by atoms with Crippen molar-refractivity contribution in [1.82, 2.24) is 10.3 Å². The van der Waals surface area contributed by atoms with E-state index >= 15 is 0 Å². The number of amides is 2. The lowest BCUT2D eigenvalue weighted by molar-refractivity contribution is -0.128. The number of ether oxygens (including phenoxy) is 1. The van der Waals surface area contributed by atoms with Crippen molar-refractivity contribution in [2.75, 3.05) is 18.6 Å². The highest BCUT2D eigenvalue weighted by Gasteiger charge is 2.23. The van der Waals surface area contributed by atoms with Gasteiger partial charge in [-0.3, -0.25) is 14.5 Å². The molecule has 0 aliphatic carbocycles. The van der Waals surface area contributed by atoms with Crippen LogP contribution >= 0.6 is 11.3 Å². The zero-order valence-corrected chi connectivity index (χ0v) is 18.6. The maximum absolute atomic E-state index is 13.1. The minimum Gasteiger partial charge on any atom is -0.497 e. The average Bonchev–Trinajstić information content (AvgIpc) is 3.14. The van der Waals surface area contributed by atoms with Gasteiger partial charge in [0.15, 0.2) is 5.13 Å². The van der Waals surface area contributed by atoms with E-state index in [1.807, 2.05) is 69.3 Å². The van der Waals surface area contributed by atoms with E-state index in [1.54, 1.807) is 12.0 Å². The molecule has 6 nitrogen and oxygen atoms in total. The van der Waals surface area contributed by atoms with Gasteiger partial charge in [-0.05, 0) is 23.8 Å². The molecule has 0 atom stereocenters. The summed E-state index contributed by atoms with van der Waals surface area (Å²) in [5, 5.41) is 3.48. The van der Waals surface area contributed by atoms with Crippen molar-refractivity contribution in [3.8, 4) is 5.75 Å². The van der Waals surface area contributed by atoms with Gasteiger partial charge in [0.05, 0.1) is 23.9 Å². The van der Waals surface area contributed by atoms with Crippen molar-refractivity contribution in [3.63, 3.8) is 0 Å². The molecule has 0 radical (unpaired) electrons. The Bertz CT molecular complexity index is 1030. The zero-order valence-electron chi connectivity index (χ0n) is 17.8. The number of nitrogens with zero attached hydrogens (tertiary/aromatic N) is 2. The number of methoxy groups -OCH3 is 1. The Kier molecular flexibility index (Phi) is 6.72. The molecule has 30 heavy (non-hydrogen) atoms. The highest BCUT2D eigenvalue weighted by molar-refractivity contribution is 7.22. The molecule has 2 amide bonds. The summed E-state index contributed by atoms with van der Waals surface area (Å²) >= 11 is 1.45. The van der Waals surface area contributed by atoms with E-state index < -0.39 is 5.41 Å². The fourth-order valence-corrected chi connectivity index (χ4v) is 3.86. The summed E-state index contributed by atoms with van der Waals surface area (Å²) in [5.74, 6) is 0.597. The minimum atomic E-state index is -0.487. The van der Waals surface area contributed by atoms with Crippen molar-refractivity contribution in [2.24, 2.45) is 5.41 Å². The van der Waals surface area contributed by atoms with Crippen LogP contribution < -0.4 is 15.0 Å². The first-order valence-corrected chi connectivity index (χ1v) is 10.7. The Morgan fingerprint density at radius 3 is 2.53 bits per heavy atom. The highest BCUT2D eigenvalue weighted by atomic mass is 32.1. The second-order valence-corrected chi connectivity index (χ2v) is 9.06. The molecule has 1 heterocycles. The molecular weight excluding hydrogens is 398 g/mol. The van der Waals surface area contributed by atoms with Crippen LogP contribution in [0.5, 0.6) is 5.75 Å². The summed E-state index contributed by atoms with van der Waals surface area (Å²) in [7, 11) is 1.63. The third kappa shape index (κ3) is 5.36. The quantitative estimate of drug-likeness (QED) is 0.609. The highest BCUT2D eigenvalue weighted by Crippen LogP contribution is 2.32. The predicted octanol–water partition coefficient (Wildman–Crippen LogP) is 4.39. The van der Waals surface area contributed by atoms with Crippen molar-refractivity contribution in [2.45, 2.75) is 33.7 Å². The molecule has 1 N–H and O–H groups in total. The Balaban J connectivity index is 1.81. The molecule has 158 valence electrons. The summed E-state index contributed by atoms with van der Waals surface area (Å²) in [4.78, 5) is 31.6. The van der Waals surface area contributed by atoms with Crippen molar-refractivity contribution >= 4 is 38.5 Å². The lowest BCUT2D eigenvalue weighted by atomic mass is 9.96. The van der Waals surface area contributed by atoms with Crippen LogP contribution in [0.2, 0.25) is 0 Å². The van der Waals surface area contributed by atoms with Crippen molar-refractivity contribution < 1.29 is 14.3 Å². The second kappa shape index (κ2) is 9.26. The predicted molar refractivity (Wildman–Crippen MR) is 121 cm³/mol. The molecule has 1 aromatic heterocycles. The molecule has 3 aromatic rings. The van der Waals surface area contributed by atoms with Gasteiger partial charge in [-0.1, -0.05) is 62.4 Å². The van der Waals surface area contributed by atoms with E-state index in [1.165, 1.54) is 11.3 Å². The van der Waals surface area contributed by atoms with Gasteiger partial charge in [-0.15, -0.1) is 0 Å². The van der Waals surface area contributed by atoms with E-state index in [-0.39, 0.29) is 18.2 Å². The Hall–Kier alpha value is -2.93. The number of carbonyl (C=O) groups excluding carboxylic acids is 2. The number of anilines is 1. The van der Waals surface area contributed by atoms with E-state index in [0.717, 1.165) is 21.5 Å². The lowest BCUT2D eigenvalue weighted by Crippen LogP contribution is -2.38. The Morgan fingerprint density at radius 1 is 1.13 bits per heavy atom. The van der Waals surface area contributed by atoms with Crippen molar-refractivity contribution in [3.05, 3.63) is 54.1 Å². The molecule has 0 unspecified atom stereocenters. The first kappa shape index (κ1) is 21.8. The van der Waals surface area contributed by atoms with Gasteiger partial charge < -0.3 is 10.1 Å². The average molecular weight is 426 g/mol. The molecule has 3 rings (SSSR count). The molecule has 0 saturated heterocycles. The second-order valence-electron chi connectivity index (χ2n) is 8.05. The normalized spacial score (nSPS) is 11.3. The number of aromatic nitrogens is 1. The van der Waals surface area contributed by atoms with Gasteiger partial charge in [0, 0.05) is 18.4 Å². The zero-order chi connectivity index (χ0) is 21.7. The van der Waals surface area contributed by atoms with E-state index in [2.05, 4.69) is 10.3 Å². The van der Waals surface area contributed by atoms with Crippen LogP contribution in [0, 0.1) is 5.41 Å². The first-order valence-electron chi connectivity index (χ1n) is 9.85. The number of rotatable bonds is 7. The molecule has 0 spiro atoms. The van der Waals surface area contributed by atoms with Crippen LogP contribution in [0.1, 0.15) is 32.8 Å². The van der Waals surface area contributed by atoms with Gasteiger partial charge in [0.2, 0.25) is 11.8 Å². The summed E-state index contributed by atoms with van der Waals surface area (Å²) in [6.45, 7) is 6.26. The van der Waals surface area contributed by atoms with Gasteiger partial charge in [0.1, 0.15) is 5.75 Å². The first-order chi connectivity index (χ1) is 14.3. The number of hydrogen-bond acceptors (Lipinski definition) is 5. The van der Waals surface area contributed by atoms with Crippen LogP contribution in [0.15, 0.2) is 48.5 Å². The van der Waals surface area contributed by atoms with Crippen LogP contribution in [0.4, 0.5) is 5.13 Å². The maximum Gasteiger partial charge on any atom is 0.230 e. The number of fused-ring (bicyclic) bond motifs is 1. The monoisotopic (exact) mass is 425 g/mol. The van der Waals surface area contributed by atoms with Crippen LogP contribution in [0.3, 0.4) is 0 Å². The van der Waals surface area contributed by atoms with Gasteiger partial charge >= 0.3 is 0 Å². The lowest BCUT2D eigenvalue weighted by Gasteiger charge is -2.21. The number of hydrogen-bond donors (Lipinski definition) is 1. The summed E-state index contributed by atoms with van der Waals surface area (Å²) in [5.41, 5.74) is 1.35. The summed E-state index contributed by atoms with van der Waals surface area (Å²) in [6.07, 6.45) is 0.202. The largest absolute Gasteiger partial charge is 0.497 e. The molecule has 0 aliphatic heterocycles. The third-order valence-corrected chi connectivity index (χ3v) is 5.65. The van der Waals surface area contributed by atoms with E-state index in [0.29, 0.717) is 18.2 Å². The fourth-order valence-electron chi connectivity index (χ4n) is 2.85. The van der Waals surface area contributed by atoms with Crippen molar-refractivity contribution in [1.29, 1.82) is 0 Å². The topological polar surface area (TPSA) is 71.5 Å². The number of benzene rings is 2. The Labute approximate surface area is 180 Å². The molecule has 0 aliphatic rings. The van der Waals surface area contributed by atoms with Crippen LogP contribution in [-0.2, 0) is 16.1 Å². The minimum absolute atomic E-state index is 0.0722. The smallest absolute Gasteiger partial charge is 0.230 e. The molecule has 0 bridgehead atoms. The molecule has 7 heteroatoms. The van der Waals surface area contributed by atoms with E-state index in [4.69, 9.17) is 4.74 Å². The SMILES string of the molecule is COc1ccc2nc(N(Cc3ccccc3)C(=O)CCNC(=O)C(C)(C)C)sc2c1. The van der Waals surface area contributed by atoms with Gasteiger partial charge in [0.25, 0.3) is 0 Å². The molecular formula is C23H27N3O3S. The fraction of sp³-hybridized carbons (Fsp3) is 0.348. The molecule has 0 fully saturated rings. The number of thiazole rings is 1. The van der Waals surface area contributed by atoms with Gasteiger partial charge in [-0.2, -0.15) is 0 Å². The summed E-state index contributed by atoms with van der Waals surface area (Å²) in [6, 6.07) is 15.5. The van der Waals surface area contributed by atoms with Crippen LogP contribution in [-0.4, -0.2) is 30.5 Å². The Morgan fingerprint density at radius 2 is 1.87 bits per heavy atom. The van der Waals surface area contributed by atoms with Crippen LogP contribution in [0.25, 0.3) is 10.2 Å². The summed E-state index contributed by atoms with van der Waals surface area (Å²) < 4.78 is 6.25. The molecule has 0 saturated carbocycles. The van der Waals surface area contributed by atoms with E-state index in [9.17, 15) is 9.59 Å². The number of nitrogens with one attached hydrogen (secondary N) is 1. The standard InChI is InChI=1S/C23H27N3O3S/c1-23(2,3)21(28)24-13-12-20(27)26(15-16-8-6-5-7-9-16)22-25-18-11-10-17(29-4)14-19(18)30-22/h5-11,14H,12-13,15H2,1-4H3,(H,24,28). The number of carbonyl (C=O) groups is 2. The molecule has 2 aromatic carbocycles. The van der Waals surface area contributed by atoms with Gasteiger partial charge in [-0.25, -0.2) is 4.98 Å². The maximum atomic E-state index is 13.1. The third-order valence-electron chi connectivity index (χ3n) is 4.61.